The Balaban J connectivity index is 1.42. The highest BCUT2D eigenvalue weighted by Gasteiger charge is 2.46. The van der Waals surface area contributed by atoms with Gasteiger partial charge in [-0.2, -0.15) is 28.2 Å². The Kier molecular flexibility index (Phi) is 7.17. The number of aliphatic carboxylic acids is 1. The van der Waals surface area contributed by atoms with E-state index < -0.39 is 24.3 Å². The first kappa shape index (κ1) is 27.4. The van der Waals surface area contributed by atoms with Crippen molar-refractivity contribution in [1.82, 2.24) is 25.1 Å². The number of halogens is 3. The first-order chi connectivity index (χ1) is 19.0. The fourth-order valence-electron chi connectivity index (χ4n) is 5.43. The van der Waals surface area contributed by atoms with Gasteiger partial charge in [0.25, 0.3) is 0 Å². The molecule has 10 nitrogen and oxygen atoms in total. The highest BCUT2D eigenvalue weighted by atomic mass is 19.4. The summed E-state index contributed by atoms with van der Waals surface area (Å²) in [5.41, 5.74) is 6.94. The summed E-state index contributed by atoms with van der Waals surface area (Å²) in [5, 5.41) is 16.7. The number of rotatable bonds is 7. The molecule has 0 radical (unpaired) electrons. The summed E-state index contributed by atoms with van der Waals surface area (Å²) in [7, 11) is 0. The van der Waals surface area contributed by atoms with Gasteiger partial charge >= 0.3 is 12.1 Å². The predicted molar refractivity (Wildman–Crippen MR) is 142 cm³/mol. The van der Waals surface area contributed by atoms with Crippen LogP contribution in [0.4, 0.5) is 24.9 Å². The van der Waals surface area contributed by atoms with Crippen LogP contribution in [-0.4, -0.2) is 62.7 Å². The summed E-state index contributed by atoms with van der Waals surface area (Å²) >= 11 is 0. The van der Waals surface area contributed by atoms with Gasteiger partial charge in [-0.1, -0.05) is 18.7 Å². The molecule has 0 amide bonds. The summed E-state index contributed by atoms with van der Waals surface area (Å²) in [6.45, 7) is 7.10. The molecule has 3 aromatic rings. The van der Waals surface area contributed by atoms with Gasteiger partial charge in [0, 0.05) is 37.5 Å². The molecule has 2 atom stereocenters. The van der Waals surface area contributed by atoms with Crippen LogP contribution in [-0.2, 0) is 4.79 Å². The number of carbonyl (C=O) groups is 1. The van der Waals surface area contributed by atoms with E-state index in [9.17, 15) is 23.1 Å². The minimum absolute atomic E-state index is 0.143. The Bertz CT molecular complexity index is 1420. The van der Waals surface area contributed by atoms with Gasteiger partial charge in [-0.3, -0.25) is 4.79 Å². The fourth-order valence-corrected chi connectivity index (χ4v) is 5.43. The number of carboxylic acid groups (broad SMARTS) is 1. The summed E-state index contributed by atoms with van der Waals surface area (Å²) in [5.74, 6) is -1.05. The topological polar surface area (TPSA) is 131 Å². The van der Waals surface area contributed by atoms with Crippen molar-refractivity contribution in [3.63, 3.8) is 0 Å². The van der Waals surface area contributed by atoms with Gasteiger partial charge in [-0.15, -0.1) is 0 Å². The normalized spacial score (nSPS) is 19.5. The van der Waals surface area contributed by atoms with Crippen LogP contribution in [0.1, 0.15) is 42.2 Å². The average Bonchev–Trinajstić information content (AvgIpc) is 3.53. The van der Waals surface area contributed by atoms with E-state index in [1.54, 1.807) is 25.3 Å². The van der Waals surface area contributed by atoms with E-state index in [1.165, 1.54) is 29.0 Å². The van der Waals surface area contributed by atoms with E-state index in [1.807, 2.05) is 4.90 Å². The standard InChI is InChI=1S/C27H30F3N7O3/c1-3-17-4-5-20(37-9-6-16(2)35-37)18(12-17)23(27(28,29)30)40-22-13-21(33-25(31)34-22)36-10-7-26(8-11-36)14-19(24(38)39)32-15-26/h3-6,9,12-13,19,23,32H,1,7-8,10-11,14-15H2,2H3,(H,38,39)(H2,31,33,34)/t19?,23-/m1/s1. The molecule has 2 saturated heterocycles. The highest BCUT2D eigenvalue weighted by molar-refractivity contribution is 5.74. The summed E-state index contributed by atoms with van der Waals surface area (Å²) < 4.78 is 50.5. The Morgan fingerprint density at radius 1 is 1.27 bits per heavy atom. The smallest absolute Gasteiger partial charge is 0.429 e. The number of hydrogen-bond acceptors (Lipinski definition) is 8. The number of hydrogen-bond donors (Lipinski definition) is 3. The summed E-state index contributed by atoms with van der Waals surface area (Å²) in [6.07, 6.45) is -2.20. The minimum Gasteiger partial charge on any atom is -0.480 e. The first-order valence-electron chi connectivity index (χ1n) is 12.8. The van der Waals surface area contributed by atoms with E-state index in [0.717, 1.165) is 0 Å². The van der Waals surface area contributed by atoms with Crippen molar-refractivity contribution in [2.45, 2.75) is 44.5 Å². The minimum atomic E-state index is -4.80. The van der Waals surface area contributed by atoms with E-state index in [-0.39, 0.29) is 28.5 Å². The largest absolute Gasteiger partial charge is 0.480 e. The molecule has 2 fully saturated rings. The van der Waals surface area contributed by atoms with Crippen molar-refractivity contribution < 1.29 is 27.8 Å². The maximum Gasteiger partial charge on any atom is 0.429 e. The molecule has 2 aromatic heterocycles. The Hall–Kier alpha value is -4.13. The monoisotopic (exact) mass is 557 g/mol. The molecule has 1 unspecified atom stereocenters. The van der Waals surface area contributed by atoms with E-state index in [0.29, 0.717) is 56.0 Å². The van der Waals surface area contributed by atoms with Crippen LogP contribution in [0, 0.1) is 12.3 Å². The van der Waals surface area contributed by atoms with Crippen molar-refractivity contribution >= 4 is 23.8 Å². The van der Waals surface area contributed by atoms with Crippen molar-refractivity contribution in [3.05, 3.63) is 59.9 Å². The number of alkyl halides is 3. The number of piperidine rings is 1. The second-order valence-electron chi connectivity index (χ2n) is 10.3. The second-order valence-corrected chi connectivity index (χ2v) is 10.3. The van der Waals surface area contributed by atoms with E-state index in [4.69, 9.17) is 10.5 Å². The third kappa shape index (κ3) is 5.60. The number of nitrogens with two attached hydrogens (primary N) is 1. The maximum atomic E-state index is 14.5. The van der Waals surface area contributed by atoms with Gasteiger partial charge in [-0.25, -0.2) is 4.68 Å². The van der Waals surface area contributed by atoms with Crippen LogP contribution in [0.5, 0.6) is 5.88 Å². The van der Waals surface area contributed by atoms with Gasteiger partial charge in [0.15, 0.2) is 0 Å². The lowest BCUT2D eigenvalue weighted by Crippen LogP contribution is -2.41. The Morgan fingerprint density at radius 3 is 2.62 bits per heavy atom. The molecule has 1 spiro atoms. The van der Waals surface area contributed by atoms with Crippen LogP contribution in [0.15, 0.2) is 43.1 Å². The number of nitrogen functional groups attached to an aromatic ring is 1. The SMILES string of the molecule is C=Cc1ccc(-n2ccc(C)n2)c([C@@H](Oc2cc(N3CCC4(CC3)CNC(C(=O)O)C4)nc(N)n2)C(F)(F)F)c1. The fraction of sp³-hybridized carbons (Fsp3) is 0.407. The van der Waals surface area contributed by atoms with Gasteiger partial charge in [0.1, 0.15) is 11.9 Å². The van der Waals surface area contributed by atoms with E-state index >= 15 is 0 Å². The Morgan fingerprint density at radius 2 is 2.02 bits per heavy atom. The van der Waals surface area contributed by atoms with E-state index in [2.05, 4.69) is 27.0 Å². The third-order valence-electron chi connectivity index (χ3n) is 7.59. The molecule has 1 aromatic carbocycles. The molecular weight excluding hydrogens is 527 g/mol. The summed E-state index contributed by atoms with van der Waals surface area (Å²) in [4.78, 5) is 21.5. The lowest BCUT2D eigenvalue weighted by atomic mass is 9.76. The third-order valence-corrected chi connectivity index (χ3v) is 7.59. The zero-order valence-electron chi connectivity index (χ0n) is 21.9. The molecular formula is C27H30F3N7O3. The lowest BCUT2D eigenvalue weighted by molar-refractivity contribution is -0.198. The van der Waals surface area contributed by atoms with Gasteiger partial charge in [-0.05, 0) is 55.4 Å². The van der Waals surface area contributed by atoms with Gasteiger partial charge in [0.2, 0.25) is 17.9 Å². The molecule has 0 bridgehead atoms. The molecule has 5 rings (SSSR count). The molecule has 2 aliphatic heterocycles. The zero-order chi connectivity index (χ0) is 28.7. The number of nitrogens with zero attached hydrogens (tertiary/aromatic N) is 5. The number of aryl methyl sites for hydroxylation is 1. The highest BCUT2D eigenvalue weighted by Crippen LogP contribution is 2.42. The molecule has 212 valence electrons. The average molecular weight is 558 g/mol. The first-order valence-corrected chi connectivity index (χ1v) is 12.8. The zero-order valence-corrected chi connectivity index (χ0v) is 21.9. The van der Waals surface area contributed by atoms with Crippen LogP contribution in [0.25, 0.3) is 11.8 Å². The van der Waals surface area contributed by atoms with Gasteiger partial charge < -0.3 is 25.8 Å². The Labute approximate surface area is 228 Å². The van der Waals surface area contributed by atoms with Crippen LogP contribution in [0.3, 0.4) is 0 Å². The number of carboxylic acids is 1. The van der Waals surface area contributed by atoms with Crippen molar-refractivity contribution in [1.29, 1.82) is 0 Å². The second kappa shape index (κ2) is 10.5. The predicted octanol–water partition coefficient (Wildman–Crippen LogP) is 3.91. The maximum absolute atomic E-state index is 14.5. The summed E-state index contributed by atoms with van der Waals surface area (Å²) in [6, 6.07) is 7.03. The molecule has 4 heterocycles. The quantitative estimate of drug-likeness (QED) is 0.396. The number of aromatic nitrogens is 4. The number of ether oxygens (including phenoxy) is 1. The van der Waals surface area contributed by atoms with Crippen molar-refractivity contribution in [2.24, 2.45) is 5.41 Å². The van der Waals surface area contributed by atoms with Crippen LogP contribution < -0.4 is 20.7 Å². The van der Waals surface area contributed by atoms with Crippen molar-refractivity contribution in [2.75, 3.05) is 30.3 Å². The number of anilines is 2. The van der Waals surface area contributed by atoms with Crippen LogP contribution in [0.2, 0.25) is 0 Å². The molecule has 0 saturated carbocycles. The molecule has 0 aliphatic carbocycles. The van der Waals surface area contributed by atoms with Crippen molar-refractivity contribution in [3.8, 4) is 11.6 Å². The number of benzene rings is 1. The van der Waals surface area contributed by atoms with Crippen LogP contribution >= 0.6 is 0 Å². The molecule has 40 heavy (non-hydrogen) atoms. The van der Waals surface area contributed by atoms with Gasteiger partial charge in [0.05, 0.1) is 11.4 Å². The lowest BCUT2D eigenvalue weighted by Gasteiger charge is -2.39. The molecule has 4 N–H and O–H groups in total. The number of nitrogens with one attached hydrogen (secondary N) is 1. The molecule has 2 aliphatic rings. The molecule has 13 heteroatoms.